The summed E-state index contributed by atoms with van der Waals surface area (Å²) in [5.41, 5.74) is 0.264. The smallest absolute Gasteiger partial charge is 0.250 e. The third-order valence-corrected chi connectivity index (χ3v) is 7.09. The summed E-state index contributed by atoms with van der Waals surface area (Å²) in [6.45, 7) is 3.48. The lowest BCUT2D eigenvalue weighted by molar-refractivity contribution is -0.120. The molecule has 5 nitrogen and oxygen atoms in total. The molecule has 2 unspecified atom stereocenters. The number of sulfone groups is 1. The van der Waals surface area contributed by atoms with Gasteiger partial charge in [0, 0.05) is 11.2 Å². The van der Waals surface area contributed by atoms with Gasteiger partial charge >= 0.3 is 0 Å². The minimum atomic E-state index is -3.15. The molecular weight excluding hydrogens is 339 g/mol. The number of para-hydroxylation sites is 1. The Morgan fingerprint density at radius 2 is 2.04 bits per heavy atom. The molecule has 0 bridgehead atoms. The molecule has 0 aliphatic carbocycles. The molecule has 0 spiro atoms. The summed E-state index contributed by atoms with van der Waals surface area (Å²) in [4.78, 5) is 17.7. The van der Waals surface area contributed by atoms with Crippen molar-refractivity contribution in [2.24, 2.45) is 10.9 Å². The summed E-state index contributed by atoms with van der Waals surface area (Å²) in [7, 11) is -3.15. The first-order valence-electron chi connectivity index (χ1n) is 7.32. The number of benzene rings is 1. The summed E-state index contributed by atoms with van der Waals surface area (Å²) in [6, 6.07) is 5.76. The van der Waals surface area contributed by atoms with E-state index < -0.39 is 15.7 Å². The van der Waals surface area contributed by atoms with Crippen molar-refractivity contribution >= 4 is 38.4 Å². The van der Waals surface area contributed by atoms with Gasteiger partial charge in [0.2, 0.25) is 0 Å². The number of amidine groups is 1. The second kappa shape index (κ2) is 5.90. The maximum Gasteiger partial charge on any atom is 0.250 e. The molecule has 1 amide bonds. The van der Waals surface area contributed by atoms with Crippen molar-refractivity contribution in [3.8, 4) is 0 Å². The van der Waals surface area contributed by atoms with Crippen molar-refractivity contribution in [3.05, 3.63) is 30.1 Å². The Labute approximate surface area is 138 Å². The van der Waals surface area contributed by atoms with Crippen molar-refractivity contribution in [2.45, 2.75) is 25.1 Å². The second-order valence-electron chi connectivity index (χ2n) is 6.01. The Morgan fingerprint density at radius 3 is 2.70 bits per heavy atom. The Kier molecular flexibility index (Phi) is 4.22. The van der Waals surface area contributed by atoms with Crippen LogP contribution in [0, 0.1) is 11.7 Å². The fourth-order valence-corrected chi connectivity index (χ4v) is 6.63. The first-order valence-corrected chi connectivity index (χ1v) is 10.0. The fourth-order valence-electron chi connectivity index (χ4n) is 2.72. The maximum atomic E-state index is 14.2. The van der Waals surface area contributed by atoms with Crippen LogP contribution in [0.5, 0.6) is 0 Å². The molecule has 2 aliphatic rings. The Bertz CT molecular complexity index is 777. The van der Waals surface area contributed by atoms with E-state index in [0.717, 1.165) is 0 Å². The molecule has 2 heterocycles. The number of carbonyl (C=O) groups excluding carboxylic acids is 1. The molecular formula is C15H17FN2O3S2. The molecule has 1 aromatic carbocycles. The van der Waals surface area contributed by atoms with Crippen molar-refractivity contribution in [1.29, 1.82) is 0 Å². The lowest BCUT2D eigenvalue weighted by Crippen LogP contribution is -2.38. The van der Waals surface area contributed by atoms with E-state index in [2.05, 4.69) is 4.99 Å². The molecule has 23 heavy (non-hydrogen) atoms. The number of amides is 1. The van der Waals surface area contributed by atoms with Crippen LogP contribution < -0.4 is 4.90 Å². The maximum absolute atomic E-state index is 14.2. The molecule has 0 radical (unpaired) electrons. The van der Waals surface area contributed by atoms with Gasteiger partial charge in [-0.3, -0.25) is 4.79 Å². The van der Waals surface area contributed by atoms with Gasteiger partial charge in [0.05, 0.1) is 23.2 Å². The second-order valence-corrected chi connectivity index (χ2v) is 9.37. The number of halogens is 1. The summed E-state index contributed by atoms with van der Waals surface area (Å²) in [6.07, 6.45) is 0. The van der Waals surface area contributed by atoms with E-state index in [0.29, 0.717) is 5.17 Å². The van der Waals surface area contributed by atoms with Gasteiger partial charge in [0.15, 0.2) is 15.0 Å². The largest absolute Gasteiger partial charge is 0.313 e. The zero-order valence-corrected chi connectivity index (χ0v) is 14.4. The van der Waals surface area contributed by atoms with Gasteiger partial charge < -0.3 is 4.90 Å². The molecule has 1 aromatic rings. The lowest BCUT2D eigenvalue weighted by Gasteiger charge is -2.24. The van der Waals surface area contributed by atoms with Crippen LogP contribution in [0.25, 0.3) is 0 Å². The Balaban J connectivity index is 2.05. The summed E-state index contributed by atoms with van der Waals surface area (Å²) in [5.74, 6) is -1.04. The Hall–Kier alpha value is -1.41. The van der Waals surface area contributed by atoms with Gasteiger partial charge in [-0.15, -0.1) is 0 Å². The SMILES string of the molecule is CC(C)C(=O)N=C1SC2CS(=O)(=O)CC2N1c1ccccc1F. The topological polar surface area (TPSA) is 66.8 Å². The van der Waals surface area contributed by atoms with Crippen LogP contribution in [0.3, 0.4) is 0 Å². The van der Waals surface area contributed by atoms with E-state index in [1.807, 2.05) is 0 Å². The minimum Gasteiger partial charge on any atom is -0.313 e. The zero-order valence-electron chi connectivity index (χ0n) is 12.8. The van der Waals surface area contributed by atoms with Gasteiger partial charge in [0.25, 0.3) is 5.91 Å². The minimum absolute atomic E-state index is 0.0299. The van der Waals surface area contributed by atoms with E-state index in [9.17, 15) is 17.6 Å². The van der Waals surface area contributed by atoms with Gasteiger partial charge in [-0.1, -0.05) is 37.7 Å². The van der Waals surface area contributed by atoms with Crippen LogP contribution in [0.4, 0.5) is 10.1 Å². The number of thioether (sulfide) groups is 1. The molecule has 124 valence electrons. The molecule has 2 saturated heterocycles. The van der Waals surface area contributed by atoms with Gasteiger partial charge in [0.1, 0.15) is 5.82 Å². The van der Waals surface area contributed by atoms with E-state index in [1.165, 1.54) is 17.8 Å². The van der Waals surface area contributed by atoms with Crippen LogP contribution in [-0.2, 0) is 14.6 Å². The van der Waals surface area contributed by atoms with Gasteiger partial charge in [-0.2, -0.15) is 4.99 Å². The number of carbonyl (C=O) groups is 1. The molecule has 2 fully saturated rings. The highest BCUT2D eigenvalue weighted by molar-refractivity contribution is 8.16. The number of hydrogen-bond donors (Lipinski definition) is 0. The predicted octanol–water partition coefficient (Wildman–Crippen LogP) is 2.08. The first-order chi connectivity index (χ1) is 10.8. The third-order valence-electron chi connectivity index (χ3n) is 3.88. The highest BCUT2D eigenvalue weighted by Crippen LogP contribution is 2.41. The number of hydrogen-bond acceptors (Lipinski definition) is 4. The first kappa shape index (κ1) is 16.4. The number of rotatable bonds is 2. The standard InChI is InChI=1S/C15H17FN2O3S2/c1-9(2)14(19)17-15-18(11-6-4-3-5-10(11)16)12-7-23(20,21)8-13(12)22-15/h3-6,9,12-13H,7-8H2,1-2H3. The van der Waals surface area contributed by atoms with E-state index in [1.54, 1.807) is 36.9 Å². The van der Waals surface area contributed by atoms with Crippen LogP contribution >= 0.6 is 11.8 Å². The normalized spacial score (nSPS) is 27.7. The summed E-state index contributed by atoms with van der Waals surface area (Å²) < 4.78 is 38.0. The van der Waals surface area contributed by atoms with Crippen LogP contribution in [0.15, 0.2) is 29.3 Å². The number of anilines is 1. The van der Waals surface area contributed by atoms with Crippen molar-refractivity contribution < 1.29 is 17.6 Å². The Morgan fingerprint density at radius 1 is 1.35 bits per heavy atom. The van der Waals surface area contributed by atoms with Gasteiger partial charge in [-0.25, -0.2) is 12.8 Å². The average Bonchev–Trinajstić information content (AvgIpc) is 2.91. The van der Waals surface area contributed by atoms with E-state index in [4.69, 9.17) is 0 Å². The quantitative estimate of drug-likeness (QED) is 0.812. The highest BCUT2D eigenvalue weighted by atomic mass is 32.2. The van der Waals surface area contributed by atoms with Crippen LogP contribution in [0.1, 0.15) is 13.8 Å². The zero-order chi connectivity index (χ0) is 16.8. The van der Waals surface area contributed by atoms with E-state index >= 15 is 0 Å². The molecule has 3 rings (SSSR count). The molecule has 2 atom stereocenters. The van der Waals surface area contributed by atoms with Crippen molar-refractivity contribution in [1.82, 2.24) is 0 Å². The molecule has 0 saturated carbocycles. The summed E-state index contributed by atoms with van der Waals surface area (Å²) in [5, 5.41) is 0.164. The molecule has 0 N–H and O–H groups in total. The summed E-state index contributed by atoms with van der Waals surface area (Å²) >= 11 is 1.25. The van der Waals surface area contributed by atoms with Crippen molar-refractivity contribution in [3.63, 3.8) is 0 Å². The van der Waals surface area contributed by atoms with Crippen LogP contribution in [-0.4, -0.2) is 42.3 Å². The monoisotopic (exact) mass is 356 g/mol. The average molecular weight is 356 g/mol. The van der Waals surface area contributed by atoms with Gasteiger partial charge in [-0.05, 0) is 12.1 Å². The number of aliphatic imine (C=N–C) groups is 1. The number of fused-ring (bicyclic) bond motifs is 1. The molecule has 0 aromatic heterocycles. The molecule has 2 aliphatic heterocycles. The predicted molar refractivity (Wildman–Crippen MR) is 90.0 cm³/mol. The van der Waals surface area contributed by atoms with E-state index in [-0.39, 0.29) is 40.3 Å². The van der Waals surface area contributed by atoms with Crippen LogP contribution in [0.2, 0.25) is 0 Å². The van der Waals surface area contributed by atoms with Crippen molar-refractivity contribution in [2.75, 3.05) is 16.4 Å². The fraction of sp³-hybridized carbons (Fsp3) is 0.467. The molecule has 8 heteroatoms. The third kappa shape index (κ3) is 3.14. The highest BCUT2D eigenvalue weighted by Gasteiger charge is 2.49. The lowest BCUT2D eigenvalue weighted by atomic mass is 10.2. The number of nitrogens with zero attached hydrogens (tertiary/aromatic N) is 2.